The summed E-state index contributed by atoms with van der Waals surface area (Å²) in [5.74, 6) is 0. The molecule has 1 aliphatic rings. The second kappa shape index (κ2) is 5.43. The molecule has 0 fully saturated rings. The van der Waals surface area contributed by atoms with E-state index in [1.807, 2.05) is 0 Å². The van der Waals surface area contributed by atoms with Crippen LogP contribution in [0.15, 0.2) is 16.5 Å². The predicted octanol–water partition coefficient (Wildman–Crippen LogP) is 1.06. The molecule has 0 saturated heterocycles. The fraction of sp³-hybridized carbons (Fsp3) is 0.545. The van der Waals surface area contributed by atoms with Crippen LogP contribution in [0.25, 0.3) is 0 Å². The highest BCUT2D eigenvalue weighted by atomic mass is 32.2. The van der Waals surface area contributed by atoms with Crippen molar-refractivity contribution in [3.05, 3.63) is 23.0 Å². The van der Waals surface area contributed by atoms with Crippen molar-refractivity contribution in [3.63, 3.8) is 0 Å². The Morgan fingerprint density at radius 3 is 2.62 bits per heavy atom. The summed E-state index contributed by atoms with van der Waals surface area (Å²) in [6.07, 6.45) is -3.87. The Morgan fingerprint density at radius 2 is 2.14 bits per heavy atom. The van der Waals surface area contributed by atoms with Crippen molar-refractivity contribution in [1.82, 2.24) is 14.5 Å². The zero-order chi connectivity index (χ0) is 15.8. The van der Waals surface area contributed by atoms with Crippen molar-refractivity contribution in [2.24, 2.45) is 5.73 Å². The van der Waals surface area contributed by atoms with E-state index in [9.17, 15) is 21.6 Å². The number of halogens is 3. The molecule has 0 radical (unpaired) electrons. The zero-order valence-electron chi connectivity index (χ0n) is 11.2. The quantitative estimate of drug-likeness (QED) is 0.813. The maximum atomic E-state index is 12.6. The first-order valence-corrected chi connectivity index (χ1v) is 7.62. The summed E-state index contributed by atoms with van der Waals surface area (Å²) < 4.78 is 63.7. The Hall–Kier alpha value is -1.39. The normalized spacial score (nSPS) is 17.9. The highest BCUT2D eigenvalue weighted by Gasteiger charge is 2.38. The van der Waals surface area contributed by atoms with Crippen LogP contribution >= 0.6 is 0 Å². The number of nitrogens with zero attached hydrogens (tertiary/aromatic N) is 2. The van der Waals surface area contributed by atoms with E-state index in [1.54, 1.807) is 0 Å². The first-order chi connectivity index (χ1) is 9.67. The molecule has 2 rings (SSSR count). The standard InChI is InChI=1S/C11H15F3N4O2S/c1-7-10(9(6-15)17-16-7)21(19,20)18-4-2-8(3-5-18)11(12,13)14/h2H,3-6,15H2,1H3,(H,16,17). The third-order valence-corrected chi connectivity index (χ3v) is 5.36. The van der Waals surface area contributed by atoms with Gasteiger partial charge in [-0.05, 0) is 13.3 Å². The van der Waals surface area contributed by atoms with Crippen molar-refractivity contribution in [2.45, 2.75) is 31.0 Å². The van der Waals surface area contributed by atoms with Gasteiger partial charge in [0.15, 0.2) is 0 Å². The largest absolute Gasteiger partial charge is 0.412 e. The van der Waals surface area contributed by atoms with Gasteiger partial charge < -0.3 is 5.73 Å². The van der Waals surface area contributed by atoms with Crippen molar-refractivity contribution < 1.29 is 21.6 Å². The molecule has 0 saturated carbocycles. The average Bonchev–Trinajstić information content (AvgIpc) is 2.79. The van der Waals surface area contributed by atoms with Crippen LogP contribution < -0.4 is 5.73 Å². The molecule has 118 valence electrons. The molecule has 2 heterocycles. The first-order valence-electron chi connectivity index (χ1n) is 6.18. The monoisotopic (exact) mass is 324 g/mol. The van der Waals surface area contributed by atoms with Gasteiger partial charge in [0.1, 0.15) is 4.90 Å². The van der Waals surface area contributed by atoms with E-state index >= 15 is 0 Å². The van der Waals surface area contributed by atoms with E-state index in [1.165, 1.54) is 6.92 Å². The molecular formula is C11H15F3N4O2S. The molecule has 1 aromatic heterocycles. The Labute approximate surface area is 119 Å². The number of aryl methyl sites for hydroxylation is 1. The topological polar surface area (TPSA) is 92.1 Å². The fourth-order valence-electron chi connectivity index (χ4n) is 2.21. The maximum absolute atomic E-state index is 12.6. The van der Waals surface area contributed by atoms with Gasteiger partial charge in [0.25, 0.3) is 0 Å². The highest BCUT2D eigenvalue weighted by molar-refractivity contribution is 7.89. The molecular weight excluding hydrogens is 309 g/mol. The Bertz CT molecular complexity index is 663. The van der Waals surface area contributed by atoms with Gasteiger partial charge in [-0.25, -0.2) is 8.42 Å². The van der Waals surface area contributed by atoms with Gasteiger partial charge in [-0.2, -0.15) is 22.6 Å². The van der Waals surface area contributed by atoms with Gasteiger partial charge in [0, 0.05) is 25.2 Å². The molecule has 0 aromatic carbocycles. The second-order valence-corrected chi connectivity index (χ2v) is 6.54. The molecule has 0 atom stereocenters. The third-order valence-electron chi connectivity index (χ3n) is 3.29. The summed E-state index contributed by atoms with van der Waals surface area (Å²) in [5.41, 5.74) is 5.25. The number of hydrogen-bond donors (Lipinski definition) is 2. The minimum absolute atomic E-state index is 0.0474. The van der Waals surface area contributed by atoms with Gasteiger partial charge in [-0.3, -0.25) is 5.10 Å². The summed E-state index contributed by atoms with van der Waals surface area (Å²) in [5, 5.41) is 6.33. The maximum Gasteiger partial charge on any atom is 0.412 e. The van der Waals surface area contributed by atoms with Gasteiger partial charge in [-0.15, -0.1) is 0 Å². The fourth-order valence-corrected chi connectivity index (χ4v) is 3.93. The average molecular weight is 324 g/mol. The number of nitrogens with one attached hydrogen (secondary N) is 1. The summed E-state index contributed by atoms with van der Waals surface area (Å²) in [6, 6.07) is 0. The third kappa shape index (κ3) is 2.97. The van der Waals surface area contributed by atoms with Crippen molar-refractivity contribution >= 4 is 10.0 Å². The number of sulfonamides is 1. The van der Waals surface area contributed by atoms with Crippen LogP contribution in [0.3, 0.4) is 0 Å². The van der Waals surface area contributed by atoms with E-state index in [2.05, 4.69) is 10.2 Å². The van der Waals surface area contributed by atoms with E-state index in [0.717, 1.165) is 10.4 Å². The molecule has 10 heteroatoms. The van der Waals surface area contributed by atoms with Gasteiger partial charge >= 0.3 is 6.18 Å². The van der Waals surface area contributed by atoms with E-state index < -0.39 is 21.8 Å². The van der Waals surface area contributed by atoms with Crippen LogP contribution in [0.4, 0.5) is 13.2 Å². The molecule has 0 spiro atoms. The number of aromatic amines is 1. The van der Waals surface area contributed by atoms with Gasteiger partial charge in [-0.1, -0.05) is 6.08 Å². The molecule has 0 amide bonds. The van der Waals surface area contributed by atoms with E-state index in [-0.39, 0.29) is 36.6 Å². The number of alkyl halides is 3. The Morgan fingerprint density at radius 1 is 1.48 bits per heavy atom. The number of hydrogen-bond acceptors (Lipinski definition) is 4. The van der Waals surface area contributed by atoms with Crippen LogP contribution in [0.5, 0.6) is 0 Å². The van der Waals surface area contributed by atoms with Gasteiger partial charge in [0.05, 0.1) is 11.4 Å². The lowest BCUT2D eigenvalue weighted by atomic mass is 10.1. The Kier molecular flexibility index (Phi) is 4.13. The molecule has 3 N–H and O–H groups in total. The minimum atomic E-state index is -4.41. The summed E-state index contributed by atoms with van der Waals surface area (Å²) in [7, 11) is -3.91. The lowest BCUT2D eigenvalue weighted by Crippen LogP contribution is -2.37. The lowest BCUT2D eigenvalue weighted by Gasteiger charge is -2.26. The number of aromatic nitrogens is 2. The lowest BCUT2D eigenvalue weighted by molar-refractivity contribution is -0.0953. The molecule has 21 heavy (non-hydrogen) atoms. The summed E-state index contributed by atoms with van der Waals surface area (Å²) >= 11 is 0. The Balaban J connectivity index is 2.31. The van der Waals surface area contributed by atoms with E-state index in [0.29, 0.717) is 5.69 Å². The minimum Gasteiger partial charge on any atom is -0.325 e. The van der Waals surface area contributed by atoms with Crippen LogP contribution in [0.2, 0.25) is 0 Å². The van der Waals surface area contributed by atoms with Crippen LogP contribution in [0, 0.1) is 6.92 Å². The summed E-state index contributed by atoms with van der Waals surface area (Å²) in [6.45, 7) is 0.921. The second-order valence-electron chi connectivity index (χ2n) is 4.67. The van der Waals surface area contributed by atoms with Crippen molar-refractivity contribution in [3.8, 4) is 0 Å². The smallest absolute Gasteiger partial charge is 0.325 e. The SMILES string of the molecule is Cc1[nH]nc(CN)c1S(=O)(=O)N1CC=C(C(F)(F)F)CC1. The molecule has 1 aliphatic heterocycles. The number of H-pyrrole nitrogens is 1. The molecule has 0 bridgehead atoms. The van der Waals surface area contributed by atoms with Crippen LogP contribution in [-0.4, -0.2) is 42.2 Å². The van der Waals surface area contributed by atoms with Crippen LogP contribution in [-0.2, 0) is 16.6 Å². The number of rotatable bonds is 3. The first kappa shape index (κ1) is 16.0. The van der Waals surface area contributed by atoms with Crippen molar-refractivity contribution in [2.75, 3.05) is 13.1 Å². The molecule has 0 unspecified atom stereocenters. The molecule has 0 aliphatic carbocycles. The van der Waals surface area contributed by atoms with Gasteiger partial charge in [0.2, 0.25) is 10.0 Å². The highest BCUT2D eigenvalue weighted by Crippen LogP contribution is 2.32. The molecule has 6 nitrogen and oxygen atoms in total. The predicted molar refractivity (Wildman–Crippen MR) is 68.7 cm³/mol. The zero-order valence-corrected chi connectivity index (χ0v) is 12.1. The van der Waals surface area contributed by atoms with E-state index in [4.69, 9.17) is 5.73 Å². The van der Waals surface area contributed by atoms with Crippen LogP contribution in [0.1, 0.15) is 17.8 Å². The number of nitrogens with two attached hydrogens (primary N) is 1. The summed E-state index contributed by atoms with van der Waals surface area (Å²) in [4.78, 5) is -0.0474. The van der Waals surface area contributed by atoms with Crippen molar-refractivity contribution in [1.29, 1.82) is 0 Å². The molecule has 1 aromatic rings.